The van der Waals surface area contributed by atoms with E-state index >= 15 is 0 Å². The third-order valence-corrected chi connectivity index (χ3v) is 1.39. The van der Waals surface area contributed by atoms with Crippen molar-refractivity contribution in [1.82, 2.24) is 0 Å². The molecule has 0 radical (unpaired) electrons. The molecule has 0 aliphatic heterocycles. The standard InChI is InChI=1S/C6H14.7C3H8/c1-4-6(3)5-2;7*1-3-2/h6H,4-5H2,1-3H3;7*3H2,1-2H3. The second kappa shape index (κ2) is 113. The zero-order valence-electron chi connectivity index (χ0n) is 23.9. The summed E-state index contributed by atoms with van der Waals surface area (Å²) in [5.74, 6) is 0.935. The van der Waals surface area contributed by atoms with Gasteiger partial charge >= 0.3 is 0 Å². The van der Waals surface area contributed by atoms with Crippen molar-refractivity contribution in [2.75, 3.05) is 0 Å². The van der Waals surface area contributed by atoms with Crippen LogP contribution in [0.25, 0.3) is 0 Å². The monoisotopic (exact) mass is 395 g/mol. The lowest BCUT2D eigenvalue weighted by Gasteiger charge is -1.98. The van der Waals surface area contributed by atoms with Crippen LogP contribution in [0, 0.1) is 5.92 Å². The van der Waals surface area contributed by atoms with Crippen LogP contribution in [-0.4, -0.2) is 0 Å². The van der Waals surface area contributed by atoms with Gasteiger partial charge in [-0.3, -0.25) is 0 Å². The Kier molecular flexibility index (Phi) is 211. The van der Waals surface area contributed by atoms with Gasteiger partial charge < -0.3 is 0 Å². The van der Waals surface area contributed by atoms with Crippen LogP contribution in [0.2, 0.25) is 0 Å². The van der Waals surface area contributed by atoms with E-state index in [2.05, 4.69) is 118 Å². The minimum Gasteiger partial charge on any atom is -0.0656 e. The van der Waals surface area contributed by atoms with E-state index in [0.29, 0.717) is 0 Å². The van der Waals surface area contributed by atoms with Crippen LogP contribution >= 0.6 is 0 Å². The van der Waals surface area contributed by atoms with Crippen molar-refractivity contribution in [3.8, 4) is 0 Å². The van der Waals surface area contributed by atoms with E-state index in [1.165, 1.54) is 57.8 Å². The van der Waals surface area contributed by atoms with E-state index in [4.69, 9.17) is 0 Å². The van der Waals surface area contributed by atoms with Gasteiger partial charge in [0.2, 0.25) is 0 Å². The molecule has 0 saturated heterocycles. The zero-order chi connectivity index (χ0) is 23.9. The first-order chi connectivity index (χ1) is 12.7. The third-order valence-electron chi connectivity index (χ3n) is 1.39. The second-order valence-corrected chi connectivity index (χ2v) is 6.87. The average molecular weight is 395 g/mol. The fourth-order valence-corrected chi connectivity index (χ4v) is 0.289. The molecule has 27 heavy (non-hydrogen) atoms. The molecule has 0 saturated carbocycles. The summed E-state index contributed by atoms with van der Waals surface area (Å²) in [7, 11) is 0. The zero-order valence-corrected chi connectivity index (χ0v) is 23.9. The molecule has 0 spiro atoms. The maximum absolute atomic E-state index is 2.28. The summed E-state index contributed by atoms with van der Waals surface area (Å²) < 4.78 is 0. The molecule has 0 aromatic heterocycles. The predicted octanol–water partition coefficient (Wildman–Crippen LogP) is 12.4. The maximum Gasteiger partial charge on any atom is -0.0448 e. The molecular weight excluding hydrogens is 324 g/mol. The summed E-state index contributed by atoms with van der Waals surface area (Å²) in [4.78, 5) is 0. The number of hydrogen-bond donors (Lipinski definition) is 0. The van der Waals surface area contributed by atoms with Gasteiger partial charge in [0.1, 0.15) is 0 Å². The molecule has 0 aromatic rings. The van der Waals surface area contributed by atoms with Crippen molar-refractivity contribution in [1.29, 1.82) is 0 Å². The highest BCUT2D eigenvalue weighted by Crippen LogP contribution is 2.02. The minimum absolute atomic E-state index is 0.935. The van der Waals surface area contributed by atoms with E-state index < -0.39 is 0 Å². The molecule has 178 valence electrons. The first kappa shape index (κ1) is 50.6. The molecule has 0 atom stereocenters. The first-order valence-corrected chi connectivity index (χ1v) is 12.7. The van der Waals surface area contributed by atoms with Crippen molar-refractivity contribution in [2.45, 2.75) is 175 Å². The van der Waals surface area contributed by atoms with Crippen molar-refractivity contribution in [3.63, 3.8) is 0 Å². The summed E-state index contributed by atoms with van der Waals surface area (Å²) in [5.41, 5.74) is 0. The normalized spacial score (nSPS) is 6.89. The maximum atomic E-state index is 2.28. The van der Waals surface area contributed by atoms with E-state index in [9.17, 15) is 0 Å². The highest BCUT2D eigenvalue weighted by molar-refractivity contribution is 4.41. The molecule has 0 fully saturated rings. The molecule has 0 N–H and O–H groups in total. The van der Waals surface area contributed by atoms with E-state index in [0.717, 1.165) is 5.92 Å². The van der Waals surface area contributed by atoms with E-state index in [-0.39, 0.29) is 0 Å². The van der Waals surface area contributed by atoms with Crippen LogP contribution < -0.4 is 0 Å². The van der Waals surface area contributed by atoms with Crippen LogP contribution in [0.4, 0.5) is 0 Å². The average Bonchev–Trinajstić information content (AvgIpc) is 2.59. The molecule has 0 heteroatoms. The fraction of sp³-hybridized carbons (Fsp3) is 1.00. The molecule has 0 heterocycles. The van der Waals surface area contributed by atoms with Crippen LogP contribution in [0.1, 0.15) is 175 Å². The number of rotatable bonds is 2. The molecule has 0 aliphatic rings. The largest absolute Gasteiger partial charge is 0.0656 e. The van der Waals surface area contributed by atoms with Gasteiger partial charge in [0.25, 0.3) is 0 Å². The molecule has 0 amide bonds. The van der Waals surface area contributed by atoms with Crippen molar-refractivity contribution < 1.29 is 0 Å². The predicted molar refractivity (Wildman–Crippen MR) is 142 cm³/mol. The summed E-state index contributed by atoms with van der Waals surface area (Å²) in [5, 5.41) is 0. The smallest absolute Gasteiger partial charge is 0.0448 e. The van der Waals surface area contributed by atoms with Crippen LogP contribution in [-0.2, 0) is 0 Å². The Morgan fingerprint density at radius 3 is 0.370 bits per heavy atom. The van der Waals surface area contributed by atoms with E-state index in [1.807, 2.05) is 0 Å². The Morgan fingerprint density at radius 1 is 0.296 bits per heavy atom. The topological polar surface area (TPSA) is 0 Å². The van der Waals surface area contributed by atoms with Gasteiger partial charge in [0.15, 0.2) is 0 Å². The van der Waals surface area contributed by atoms with Gasteiger partial charge in [0, 0.05) is 0 Å². The van der Waals surface area contributed by atoms with Gasteiger partial charge in [-0.15, -0.1) is 0 Å². The van der Waals surface area contributed by atoms with Crippen molar-refractivity contribution in [2.24, 2.45) is 5.92 Å². The lowest BCUT2D eigenvalue weighted by atomic mass is 10.1. The molecular formula is C27H70. The lowest BCUT2D eigenvalue weighted by Crippen LogP contribution is -1.85. The Labute approximate surface area is 181 Å². The highest BCUT2D eigenvalue weighted by atomic mass is 13.9. The third kappa shape index (κ3) is 936. The molecule has 0 nitrogen and oxygen atoms in total. The Bertz CT molecular complexity index is 62.4. The first-order valence-electron chi connectivity index (χ1n) is 12.7. The second-order valence-electron chi connectivity index (χ2n) is 6.87. The van der Waals surface area contributed by atoms with Crippen LogP contribution in [0.5, 0.6) is 0 Å². The summed E-state index contributed by atoms with van der Waals surface area (Å²) >= 11 is 0. The van der Waals surface area contributed by atoms with Crippen LogP contribution in [0.15, 0.2) is 0 Å². The van der Waals surface area contributed by atoms with E-state index in [1.54, 1.807) is 0 Å². The Hall–Kier alpha value is 0. The van der Waals surface area contributed by atoms with Gasteiger partial charge in [-0.05, 0) is 5.92 Å². The SMILES string of the molecule is CCC.CCC.CCC.CCC.CCC.CCC.CCC.CCC(C)CC. The molecule has 0 rings (SSSR count). The van der Waals surface area contributed by atoms with Crippen molar-refractivity contribution >= 4 is 0 Å². The summed E-state index contributed by atoms with van der Waals surface area (Å²) in [6.07, 6.45) is 11.4. The fourth-order valence-electron chi connectivity index (χ4n) is 0.289. The quantitative estimate of drug-likeness (QED) is 0.436. The number of hydrogen-bond acceptors (Lipinski definition) is 0. The van der Waals surface area contributed by atoms with Crippen LogP contribution in [0.3, 0.4) is 0 Å². The molecule has 0 aliphatic carbocycles. The van der Waals surface area contributed by atoms with Gasteiger partial charge in [-0.2, -0.15) is 0 Å². The van der Waals surface area contributed by atoms with Gasteiger partial charge in [0.05, 0.1) is 0 Å². The van der Waals surface area contributed by atoms with Gasteiger partial charge in [-0.1, -0.05) is 175 Å². The summed E-state index contributed by atoms with van der Waals surface area (Å²) in [6, 6.07) is 0. The lowest BCUT2D eigenvalue weighted by molar-refractivity contribution is 0.544. The molecule has 0 bridgehead atoms. The highest BCUT2D eigenvalue weighted by Gasteiger charge is 1.88. The van der Waals surface area contributed by atoms with Crippen molar-refractivity contribution in [3.05, 3.63) is 0 Å². The Morgan fingerprint density at radius 2 is 0.370 bits per heavy atom. The Balaban J connectivity index is -0.0000000260. The minimum atomic E-state index is 0.935. The summed E-state index contributed by atoms with van der Waals surface area (Å²) in [6.45, 7) is 36.5. The molecule has 0 unspecified atom stereocenters. The molecule has 0 aromatic carbocycles. The van der Waals surface area contributed by atoms with Gasteiger partial charge in [-0.25, -0.2) is 0 Å².